The Kier molecular flexibility index (Phi) is 4.13. The molecule has 1 aromatic carbocycles. The minimum absolute atomic E-state index is 0.0357. The van der Waals surface area contributed by atoms with Gasteiger partial charge >= 0.3 is 0 Å². The standard InChI is InChI=1S/C9H10Cl2FNO/c1-13-4-7(14)8-5(10)2-3-6(11)9(8)12/h2-3,7,13-14H,4H2,1H3. The minimum Gasteiger partial charge on any atom is -0.387 e. The number of aliphatic hydroxyl groups is 1. The van der Waals surface area contributed by atoms with E-state index in [1.54, 1.807) is 7.05 Å². The number of hydrogen-bond donors (Lipinski definition) is 2. The lowest BCUT2D eigenvalue weighted by atomic mass is 10.1. The van der Waals surface area contributed by atoms with Gasteiger partial charge in [0.05, 0.1) is 11.1 Å². The van der Waals surface area contributed by atoms with Crippen molar-refractivity contribution in [2.75, 3.05) is 13.6 Å². The van der Waals surface area contributed by atoms with Crippen LogP contribution in [-0.2, 0) is 0 Å². The van der Waals surface area contributed by atoms with Gasteiger partial charge in [0.2, 0.25) is 0 Å². The summed E-state index contributed by atoms with van der Waals surface area (Å²) in [5.74, 6) is -0.665. The van der Waals surface area contributed by atoms with Crippen molar-refractivity contribution in [2.45, 2.75) is 6.10 Å². The van der Waals surface area contributed by atoms with Gasteiger partial charge in [0.1, 0.15) is 5.82 Å². The number of likely N-dealkylation sites (N-methyl/N-ethyl adjacent to an activating group) is 1. The molecule has 0 bridgehead atoms. The van der Waals surface area contributed by atoms with E-state index in [1.165, 1.54) is 12.1 Å². The van der Waals surface area contributed by atoms with Gasteiger partial charge in [0, 0.05) is 17.1 Å². The molecule has 0 heterocycles. The number of benzene rings is 1. The molecule has 5 heteroatoms. The maximum Gasteiger partial charge on any atom is 0.149 e. The average Bonchev–Trinajstić information content (AvgIpc) is 2.13. The molecule has 0 spiro atoms. The molecule has 1 unspecified atom stereocenters. The van der Waals surface area contributed by atoms with Gasteiger partial charge < -0.3 is 10.4 Å². The van der Waals surface area contributed by atoms with Crippen LogP contribution < -0.4 is 5.32 Å². The smallest absolute Gasteiger partial charge is 0.149 e. The number of rotatable bonds is 3. The predicted octanol–water partition coefficient (Wildman–Crippen LogP) is 2.39. The maximum atomic E-state index is 13.4. The van der Waals surface area contributed by atoms with E-state index in [0.29, 0.717) is 0 Å². The number of nitrogens with one attached hydrogen (secondary N) is 1. The van der Waals surface area contributed by atoms with Crippen molar-refractivity contribution >= 4 is 23.2 Å². The third kappa shape index (κ3) is 2.36. The SMILES string of the molecule is CNCC(O)c1c(Cl)ccc(Cl)c1F. The zero-order valence-electron chi connectivity index (χ0n) is 7.52. The summed E-state index contributed by atoms with van der Waals surface area (Å²) in [5, 5.41) is 12.4. The molecule has 14 heavy (non-hydrogen) atoms. The highest BCUT2D eigenvalue weighted by atomic mass is 35.5. The van der Waals surface area contributed by atoms with Crippen molar-refractivity contribution in [2.24, 2.45) is 0 Å². The van der Waals surface area contributed by atoms with Crippen molar-refractivity contribution in [3.8, 4) is 0 Å². The van der Waals surface area contributed by atoms with Crippen LogP contribution in [0.3, 0.4) is 0 Å². The van der Waals surface area contributed by atoms with Crippen LogP contribution in [-0.4, -0.2) is 18.7 Å². The summed E-state index contributed by atoms with van der Waals surface area (Å²) in [5.41, 5.74) is 0.0357. The fourth-order valence-corrected chi connectivity index (χ4v) is 1.58. The highest BCUT2D eigenvalue weighted by molar-refractivity contribution is 6.33. The van der Waals surface area contributed by atoms with Crippen LogP contribution in [0.5, 0.6) is 0 Å². The molecular weight excluding hydrogens is 228 g/mol. The minimum atomic E-state index is -0.994. The first-order valence-corrected chi connectivity index (χ1v) is 4.79. The molecule has 0 fully saturated rings. The zero-order valence-corrected chi connectivity index (χ0v) is 9.03. The molecule has 0 amide bonds. The molecule has 0 aliphatic rings. The van der Waals surface area contributed by atoms with Gasteiger partial charge in [-0.15, -0.1) is 0 Å². The molecule has 0 radical (unpaired) electrons. The Morgan fingerprint density at radius 1 is 1.43 bits per heavy atom. The Labute approximate surface area is 91.6 Å². The van der Waals surface area contributed by atoms with E-state index in [4.69, 9.17) is 23.2 Å². The summed E-state index contributed by atoms with van der Waals surface area (Å²) in [6.45, 7) is 0.219. The Hall–Kier alpha value is -0.350. The molecule has 78 valence electrons. The van der Waals surface area contributed by atoms with Crippen LogP contribution >= 0.6 is 23.2 Å². The molecular formula is C9H10Cl2FNO. The summed E-state index contributed by atoms with van der Waals surface area (Å²) >= 11 is 11.3. The van der Waals surface area contributed by atoms with Crippen molar-refractivity contribution in [1.29, 1.82) is 0 Å². The molecule has 0 aliphatic carbocycles. The quantitative estimate of drug-likeness (QED) is 0.792. The molecule has 1 rings (SSSR count). The highest BCUT2D eigenvalue weighted by Crippen LogP contribution is 2.30. The van der Waals surface area contributed by atoms with Gasteiger partial charge in [-0.2, -0.15) is 0 Å². The van der Waals surface area contributed by atoms with Gasteiger partial charge in [-0.25, -0.2) is 4.39 Å². The number of halogens is 3. The second kappa shape index (κ2) is 4.94. The molecule has 2 N–H and O–H groups in total. The van der Waals surface area contributed by atoms with Crippen molar-refractivity contribution in [1.82, 2.24) is 5.32 Å². The van der Waals surface area contributed by atoms with Crippen LogP contribution in [0, 0.1) is 5.82 Å². The normalized spacial score (nSPS) is 12.9. The van der Waals surface area contributed by atoms with E-state index in [9.17, 15) is 9.50 Å². The zero-order chi connectivity index (χ0) is 10.7. The lowest BCUT2D eigenvalue weighted by Gasteiger charge is -2.13. The fourth-order valence-electron chi connectivity index (χ4n) is 1.14. The average molecular weight is 238 g/mol. The molecule has 0 saturated carbocycles. The summed E-state index contributed by atoms with van der Waals surface area (Å²) in [6, 6.07) is 2.82. The Morgan fingerprint density at radius 2 is 2.00 bits per heavy atom. The van der Waals surface area contributed by atoms with Crippen LogP contribution in [0.25, 0.3) is 0 Å². The highest BCUT2D eigenvalue weighted by Gasteiger charge is 2.18. The summed E-state index contributed by atoms with van der Waals surface area (Å²) in [7, 11) is 1.65. The van der Waals surface area contributed by atoms with E-state index in [0.717, 1.165) is 0 Å². The topological polar surface area (TPSA) is 32.3 Å². The molecule has 0 saturated heterocycles. The lowest BCUT2D eigenvalue weighted by molar-refractivity contribution is 0.173. The molecule has 1 atom stereocenters. The van der Waals surface area contributed by atoms with Crippen molar-refractivity contribution in [3.63, 3.8) is 0 Å². The summed E-state index contributed by atoms with van der Waals surface area (Å²) in [6.07, 6.45) is -0.994. The van der Waals surface area contributed by atoms with Crippen LogP contribution in [0.2, 0.25) is 10.0 Å². The Balaban J connectivity index is 3.11. The van der Waals surface area contributed by atoms with Gasteiger partial charge in [-0.1, -0.05) is 23.2 Å². The fraction of sp³-hybridized carbons (Fsp3) is 0.333. The van der Waals surface area contributed by atoms with Crippen molar-refractivity contribution in [3.05, 3.63) is 33.6 Å². The predicted molar refractivity (Wildman–Crippen MR) is 55.3 cm³/mol. The molecule has 1 aromatic rings. The van der Waals surface area contributed by atoms with Crippen LogP contribution in [0.1, 0.15) is 11.7 Å². The second-order valence-electron chi connectivity index (χ2n) is 2.83. The monoisotopic (exact) mass is 237 g/mol. The third-order valence-corrected chi connectivity index (χ3v) is 2.43. The van der Waals surface area contributed by atoms with Gasteiger partial charge in [0.15, 0.2) is 0 Å². The summed E-state index contributed by atoms with van der Waals surface area (Å²) < 4.78 is 13.4. The molecule has 2 nitrogen and oxygen atoms in total. The van der Waals surface area contributed by atoms with Gasteiger partial charge in [-0.05, 0) is 19.2 Å². The van der Waals surface area contributed by atoms with Crippen LogP contribution in [0.15, 0.2) is 12.1 Å². The number of hydrogen-bond acceptors (Lipinski definition) is 2. The van der Waals surface area contributed by atoms with E-state index in [1.807, 2.05) is 0 Å². The van der Waals surface area contributed by atoms with E-state index in [-0.39, 0.29) is 22.2 Å². The first kappa shape index (κ1) is 11.7. The van der Waals surface area contributed by atoms with Crippen molar-refractivity contribution < 1.29 is 9.50 Å². The van der Waals surface area contributed by atoms with E-state index < -0.39 is 11.9 Å². The Bertz CT molecular complexity index is 333. The van der Waals surface area contributed by atoms with E-state index in [2.05, 4.69) is 5.32 Å². The Morgan fingerprint density at radius 3 is 2.57 bits per heavy atom. The third-order valence-electron chi connectivity index (χ3n) is 1.81. The lowest BCUT2D eigenvalue weighted by Crippen LogP contribution is -2.18. The van der Waals surface area contributed by atoms with Gasteiger partial charge in [-0.3, -0.25) is 0 Å². The second-order valence-corrected chi connectivity index (χ2v) is 3.64. The number of aliphatic hydroxyl groups excluding tert-OH is 1. The molecule has 0 aromatic heterocycles. The first-order chi connectivity index (χ1) is 6.57. The largest absolute Gasteiger partial charge is 0.387 e. The first-order valence-electron chi connectivity index (χ1n) is 4.04. The maximum absolute atomic E-state index is 13.4. The molecule has 0 aliphatic heterocycles. The van der Waals surface area contributed by atoms with Crippen LogP contribution in [0.4, 0.5) is 4.39 Å². The van der Waals surface area contributed by atoms with E-state index >= 15 is 0 Å². The summed E-state index contributed by atoms with van der Waals surface area (Å²) in [4.78, 5) is 0. The van der Waals surface area contributed by atoms with Gasteiger partial charge in [0.25, 0.3) is 0 Å².